The van der Waals surface area contributed by atoms with E-state index in [4.69, 9.17) is 10.1 Å². The summed E-state index contributed by atoms with van der Waals surface area (Å²) in [5.74, 6) is 2.42. The van der Waals surface area contributed by atoms with Crippen molar-refractivity contribution in [3.05, 3.63) is 36.5 Å². The molecule has 0 saturated heterocycles. The first-order valence-corrected chi connectivity index (χ1v) is 12.1. The third-order valence-electron chi connectivity index (χ3n) is 6.35. The van der Waals surface area contributed by atoms with Crippen LogP contribution in [0.3, 0.4) is 0 Å². The lowest BCUT2D eigenvalue weighted by Crippen LogP contribution is -2.59. The molecule has 0 radical (unpaired) electrons. The summed E-state index contributed by atoms with van der Waals surface area (Å²) in [6.45, 7) is 0. The Morgan fingerprint density at radius 3 is 2.56 bits per heavy atom. The van der Waals surface area contributed by atoms with Gasteiger partial charge in [-0.3, -0.25) is 20.0 Å². The van der Waals surface area contributed by atoms with Crippen molar-refractivity contribution in [2.45, 2.75) is 42.5 Å². The van der Waals surface area contributed by atoms with Crippen molar-refractivity contribution in [1.29, 1.82) is 0 Å². The van der Waals surface area contributed by atoms with Crippen LogP contribution in [0.5, 0.6) is 0 Å². The Bertz CT molecular complexity index is 1310. The van der Waals surface area contributed by atoms with Crippen molar-refractivity contribution >= 4 is 44.3 Å². The maximum absolute atomic E-state index is 11.5. The fourth-order valence-electron chi connectivity index (χ4n) is 4.84. The standard InChI is InChI=1S/C21H26N8O2S/c1-23-19-21(10-4-3-5-11-21)29-17(28(2)27-19)12-14-13-24-20(26-18(14)29)25-15-6-8-16(9-7-15)32(22,30)31/h6-9,12-13H,3-5,10-11H2,1-2H3,(H,23,27)(H2,22,30,31)(H,24,25,26). The molecule has 1 saturated carbocycles. The minimum atomic E-state index is -3.74. The van der Waals surface area contributed by atoms with Gasteiger partial charge in [0.15, 0.2) is 0 Å². The lowest BCUT2D eigenvalue weighted by Gasteiger charge is -2.47. The van der Waals surface area contributed by atoms with Crippen LogP contribution in [-0.2, 0) is 15.6 Å². The second-order valence-corrected chi connectivity index (χ2v) is 9.90. The molecule has 2 aromatic heterocycles. The smallest absolute Gasteiger partial charge is 0.238 e. The summed E-state index contributed by atoms with van der Waals surface area (Å²) in [7, 11) is 0.0700. The highest BCUT2D eigenvalue weighted by Crippen LogP contribution is 2.44. The predicted octanol–water partition coefficient (Wildman–Crippen LogP) is 2.46. The number of hydrogen-bond acceptors (Lipinski definition) is 7. The molecule has 0 amide bonds. The molecule has 2 aliphatic rings. The third kappa shape index (κ3) is 3.28. The minimum Gasteiger partial charge on any atom is -0.324 e. The molecule has 1 aliphatic heterocycles. The zero-order valence-electron chi connectivity index (χ0n) is 18.0. The van der Waals surface area contributed by atoms with E-state index < -0.39 is 10.0 Å². The van der Waals surface area contributed by atoms with Gasteiger partial charge in [0.25, 0.3) is 0 Å². The van der Waals surface area contributed by atoms with E-state index in [2.05, 4.69) is 31.4 Å². The van der Waals surface area contributed by atoms with Crippen molar-refractivity contribution in [3.8, 4) is 0 Å². The molecule has 0 bridgehead atoms. The van der Waals surface area contributed by atoms with Gasteiger partial charge in [0.1, 0.15) is 22.8 Å². The lowest BCUT2D eigenvalue weighted by molar-refractivity contribution is 0.272. The number of fused-ring (bicyclic) bond motifs is 4. The van der Waals surface area contributed by atoms with Crippen LogP contribution in [0.2, 0.25) is 0 Å². The zero-order valence-corrected chi connectivity index (χ0v) is 18.9. The van der Waals surface area contributed by atoms with E-state index in [0.29, 0.717) is 11.6 Å². The van der Waals surface area contributed by atoms with Gasteiger partial charge in [0, 0.05) is 31.4 Å². The van der Waals surface area contributed by atoms with Crippen molar-refractivity contribution in [2.24, 2.45) is 10.1 Å². The molecule has 3 heterocycles. The van der Waals surface area contributed by atoms with Crippen molar-refractivity contribution in [3.63, 3.8) is 0 Å². The van der Waals surface area contributed by atoms with E-state index in [-0.39, 0.29) is 10.4 Å². The Morgan fingerprint density at radius 1 is 1.19 bits per heavy atom. The highest BCUT2D eigenvalue weighted by molar-refractivity contribution is 7.89. The van der Waals surface area contributed by atoms with Crippen LogP contribution in [0.1, 0.15) is 32.1 Å². The van der Waals surface area contributed by atoms with Crippen LogP contribution >= 0.6 is 0 Å². The minimum absolute atomic E-state index is 0.0567. The fraction of sp³-hybridized carbons (Fsp3) is 0.381. The molecule has 4 N–H and O–H groups in total. The number of nitrogens with zero attached hydrogens (tertiary/aromatic N) is 5. The molecule has 1 fully saturated rings. The van der Waals surface area contributed by atoms with Crippen LogP contribution in [0.15, 0.2) is 46.4 Å². The van der Waals surface area contributed by atoms with Crippen LogP contribution in [0.4, 0.5) is 17.5 Å². The molecule has 168 valence electrons. The molecule has 11 heteroatoms. The average Bonchev–Trinajstić information content (AvgIpc) is 3.17. The number of aromatic nitrogens is 3. The van der Waals surface area contributed by atoms with Gasteiger partial charge in [0.05, 0.1) is 4.90 Å². The van der Waals surface area contributed by atoms with Crippen LogP contribution in [-0.4, -0.2) is 42.9 Å². The first-order valence-electron chi connectivity index (χ1n) is 10.6. The second-order valence-electron chi connectivity index (χ2n) is 8.34. The number of aliphatic imine (C=N–C) groups is 1. The summed E-state index contributed by atoms with van der Waals surface area (Å²) in [5, 5.41) is 11.3. The number of amidine groups is 1. The number of anilines is 3. The van der Waals surface area contributed by atoms with E-state index in [9.17, 15) is 8.42 Å². The zero-order chi connectivity index (χ0) is 22.5. The summed E-state index contributed by atoms with van der Waals surface area (Å²) in [6, 6.07) is 8.29. The Hall–Kier alpha value is -3.18. The number of nitrogens with one attached hydrogen (secondary N) is 2. The lowest BCUT2D eigenvalue weighted by atomic mass is 9.79. The summed E-state index contributed by atoms with van der Waals surface area (Å²) in [4.78, 5) is 14.0. The number of hydrogen-bond donors (Lipinski definition) is 3. The summed E-state index contributed by atoms with van der Waals surface area (Å²) < 4.78 is 25.3. The third-order valence-corrected chi connectivity index (χ3v) is 7.28. The first kappa shape index (κ1) is 20.7. The van der Waals surface area contributed by atoms with E-state index in [1.807, 2.05) is 25.3 Å². The molecular weight excluding hydrogens is 428 g/mol. The van der Waals surface area contributed by atoms with Gasteiger partial charge in [0.2, 0.25) is 16.0 Å². The van der Waals surface area contributed by atoms with E-state index >= 15 is 0 Å². The van der Waals surface area contributed by atoms with E-state index in [0.717, 1.165) is 48.4 Å². The largest absolute Gasteiger partial charge is 0.324 e. The van der Waals surface area contributed by atoms with Gasteiger partial charge in [-0.15, -0.1) is 0 Å². The summed E-state index contributed by atoms with van der Waals surface area (Å²) in [5.41, 5.74) is 4.72. The normalized spacial score (nSPS) is 19.2. The summed E-state index contributed by atoms with van der Waals surface area (Å²) in [6.07, 6.45) is 7.30. The molecule has 10 nitrogen and oxygen atoms in total. The maximum atomic E-state index is 11.5. The molecular formula is C21H26N8O2S. The van der Waals surface area contributed by atoms with Gasteiger partial charge in [-0.25, -0.2) is 18.5 Å². The van der Waals surface area contributed by atoms with Gasteiger partial charge in [-0.1, -0.05) is 19.3 Å². The Balaban J connectivity index is 1.58. The highest BCUT2D eigenvalue weighted by atomic mass is 32.2. The van der Waals surface area contributed by atoms with Gasteiger partial charge in [-0.05, 0) is 43.2 Å². The second kappa shape index (κ2) is 7.45. The number of primary sulfonamides is 1. The number of rotatable bonds is 3. The van der Waals surface area contributed by atoms with Gasteiger partial charge < -0.3 is 5.32 Å². The Kier molecular flexibility index (Phi) is 4.82. The fourth-order valence-corrected chi connectivity index (χ4v) is 5.36. The highest BCUT2D eigenvalue weighted by Gasteiger charge is 2.45. The molecule has 3 aromatic rings. The molecule has 1 aromatic carbocycles. The van der Waals surface area contributed by atoms with Crippen LogP contribution in [0, 0.1) is 0 Å². The number of nitrogens with two attached hydrogens (primary N) is 1. The molecule has 32 heavy (non-hydrogen) atoms. The molecule has 1 aliphatic carbocycles. The SMILES string of the molecule is CN=C1NN(C)c2cc3cnc(Nc4ccc(S(N)(=O)=O)cc4)nc3n2C12CCCCC2. The van der Waals surface area contributed by atoms with Gasteiger partial charge in [-0.2, -0.15) is 4.98 Å². The Labute approximate surface area is 186 Å². The van der Waals surface area contributed by atoms with Crippen LogP contribution < -0.4 is 20.9 Å². The predicted molar refractivity (Wildman–Crippen MR) is 125 cm³/mol. The topological polar surface area (TPSA) is 131 Å². The molecule has 5 rings (SSSR count). The molecule has 0 unspecified atom stereocenters. The quantitative estimate of drug-likeness (QED) is 0.554. The van der Waals surface area contributed by atoms with E-state index in [1.54, 1.807) is 12.1 Å². The van der Waals surface area contributed by atoms with Gasteiger partial charge >= 0.3 is 0 Å². The number of hydrazine groups is 1. The van der Waals surface area contributed by atoms with Crippen molar-refractivity contribution < 1.29 is 8.42 Å². The van der Waals surface area contributed by atoms with Crippen LogP contribution in [0.25, 0.3) is 11.0 Å². The van der Waals surface area contributed by atoms with Crippen molar-refractivity contribution in [1.82, 2.24) is 20.0 Å². The monoisotopic (exact) mass is 454 g/mol. The van der Waals surface area contributed by atoms with E-state index in [1.165, 1.54) is 18.6 Å². The first-order chi connectivity index (χ1) is 15.3. The Morgan fingerprint density at radius 2 is 1.91 bits per heavy atom. The summed E-state index contributed by atoms with van der Waals surface area (Å²) >= 11 is 0. The maximum Gasteiger partial charge on any atom is 0.238 e. The average molecular weight is 455 g/mol. The number of benzene rings is 1. The number of sulfonamides is 1. The van der Waals surface area contributed by atoms with Crippen molar-refractivity contribution in [2.75, 3.05) is 24.4 Å². The molecule has 0 atom stereocenters. The molecule has 1 spiro atoms.